The second kappa shape index (κ2) is 10.3. The molecule has 5 heteroatoms. The molecule has 5 nitrogen and oxygen atoms in total. The molecule has 1 saturated heterocycles. The Labute approximate surface area is 179 Å². The van der Waals surface area contributed by atoms with Crippen LogP contribution in [0.4, 0.5) is 10.5 Å². The molecule has 160 valence electrons. The Kier molecular flexibility index (Phi) is 7.50. The van der Waals surface area contributed by atoms with E-state index in [1.807, 2.05) is 55.1 Å². The van der Waals surface area contributed by atoms with E-state index in [0.29, 0.717) is 11.5 Å². The van der Waals surface area contributed by atoms with Crippen molar-refractivity contribution in [3.05, 3.63) is 65.2 Å². The fraction of sp³-hybridized carbons (Fsp3) is 0.440. The van der Waals surface area contributed by atoms with Gasteiger partial charge in [-0.15, -0.1) is 0 Å². The summed E-state index contributed by atoms with van der Waals surface area (Å²) in [6.07, 6.45) is 3.92. The monoisotopic (exact) mass is 407 g/mol. The fourth-order valence-electron chi connectivity index (χ4n) is 3.81. The molecule has 1 fully saturated rings. The number of urea groups is 1. The van der Waals surface area contributed by atoms with Gasteiger partial charge < -0.3 is 15.5 Å². The molecule has 1 aliphatic rings. The van der Waals surface area contributed by atoms with E-state index >= 15 is 0 Å². The van der Waals surface area contributed by atoms with Crippen molar-refractivity contribution in [2.75, 3.05) is 18.4 Å². The molecule has 2 N–H and O–H groups in total. The highest BCUT2D eigenvalue weighted by Crippen LogP contribution is 2.21. The number of anilines is 1. The lowest BCUT2D eigenvalue weighted by Crippen LogP contribution is -2.38. The van der Waals surface area contributed by atoms with Gasteiger partial charge in [-0.25, -0.2) is 4.79 Å². The van der Waals surface area contributed by atoms with Crippen LogP contribution in [0.1, 0.15) is 54.6 Å². The van der Waals surface area contributed by atoms with E-state index in [-0.39, 0.29) is 18.0 Å². The molecule has 2 aromatic rings. The van der Waals surface area contributed by atoms with E-state index in [2.05, 4.69) is 29.7 Å². The number of hydrogen-bond donors (Lipinski definition) is 2. The number of piperidine rings is 1. The van der Waals surface area contributed by atoms with Gasteiger partial charge in [0.25, 0.3) is 5.91 Å². The third-order valence-electron chi connectivity index (χ3n) is 5.88. The summed E-state index contributed by atoms with van der Waals surface area (Å²) in [5.74, 6) is 0.770. The molecule has 2 aromatic carbocycles. The van der Waals surface area contributed by atoms with E-state index in [0.717, 1.165) is 50.0 Å². The largest absolute Gasteiger partial charge is 0.339 e. The van der Waals surface area contributed by atoms with Gasteiger partial charge in [0.1, 0.15) is 0 Å². The second-order valence-electron chi connectivity index (χ2n) is 8.53. The van der Waals surface area contributed by atoms with Gasteiger partial charge in [-0.1, -0.05) is 37.3 Å². The average molecular weight is 408 g/mol. The van der Waals surface area contributed by atoms with Gasteiger partial charge in [0.15, 0.2) is 0 Å². The van der Waals surface area contributed by atoms with E-state index in [4.69, 9.17) is 0 Å². The van der Waals surface area contributed by atoms with Gasteiger partial charge in [0.2, 0.25) is 0 Å². The number of aryl methyl sites for hydroxylation is 2. The minimum absolute atomic E-state index is 0.0628. The Morgan fingerprint density at radius 1 is 1.10 bits per heavy atom. The molecule has 1 unspecified atom stereocenters. The maximum absolute atomic E-state index is 12.8. The molecule has 0 aromatic heterocycles. The summed E-state index contributed by atoms with van der Waals surface area (Å²) in [5.41, 5.74) is 3.57. The summed E-state index contributed by atoms with van der Waals surface area (Å²) in [7, 11) is 0. The highest BCUT2D eigenvalue weighted by Gasteiger charge is 2.22. The van der Waals surface area contributed by atoms with Gasteiger partial charge >= 0.3 is 6.03 Å². The molecule has 30 heavy (non-hydrogen) atoms. The molecule has 3 rings (SSSR count). The van der Waals surface area contributed by atoms with E-state index in [9.17, 15) is 9.59 Å². The zero-order chi connectivity index (χ0) is 21.5. The maximum atomic E-state index is 12.8. The molecule has 0 saturated carbocycles. The van der Waals surface area contributed by atoms with Crippen LogP contribution in [-0.2, 0) is 6.42 Å². The van der Waals surface area contributed by atoms with Gasteiger partial charge in [-0.2, -0.15) is 0 Å². The van der Waals surface area contributed by atoms with Crippen molar-refractivity contribution >= 4 is 17.6 Å². The summed E-state index contributed by atoms with van der Waals surface area (Å²) in [6, 6.07) is 15.6. The lowest BCUT2D eigenvalue weighted by molar-refractivity contribution is 0.0697. The molecule has 0 bridgehead atoms. The Morgan fingerprint density at radius 3 is 2.47 bits per heavy atom. The smallest absolute Gasteiger partial charge is 0.319 e. The first-order valence-electron chi connectivity index (χ1n) is 10.9. The van der Waals surface area contributed by atoms with Crippen LogP contribution in [-0.4, -0.2) is 36.0 Å². The Balaban J connectivity index is 1.51. The summed E-state index contributed by atoms with van der Waals surface area (Å²) >= 11 is 0. The number of nitrogens with one attached hydrogen (secondary N) is 2. The SMILES string of the molecule is Cc1cc(C(=O)N2CCC(C)CC2)ccc1NC(=O)NC(C)CCc1ccccc1. The number of carbonyl (C=O) groups excluding carboxylic acids is 2. The number of rotatable bonds is 6. The average Bonchev–Trinajstić information content (AvgIpc) is 2.74. The third-order valence-corrected chi connectivity index (χ3v) is 5.88. The van der Waals surface area contributed by atoms with Crippen molar-refractivity contribution in [3.63, 3.8) is 0 Å². The zero-order valence-electron chi connectivity index (χ0n) is 18.3. The summed E-state index contributed by atoms with van der Waals surface area (Å²) in [6.45, 7) is 7.81. The Hall–Kier alpha value is -2.82. The van der Waals surface area contributed by atoms with Gasteiger partial charge in [-0.3, -0.25) is 4.79 Å². The predicted octanol–water partition coefficient (Wildman–Crippen LogP) is 5.01. The van der Waals surface area contributed by atoms with Crippen LogP contribution in [0.25, 0.3) is 0 Å². The number of hydrogen-bond acceptors (Lipinski definition) is 2. The van der Waals surface area contributed by atoms with Gasteiger partial charge in [0, 0.05) is 30.4 Å². The van der Waals surface area contributed by atoms with Crippen LogP contribution >= 0.6 is 0 Å². The number of carbonyl (C=O) groups is 2. The number of likely N-dealkylation sites (tertiary alicyclic amines) is 1. The number of nitrogens with zero attached hydrogens (tertiary/aromatic N) is 1. The predicted molar refractivity (Wildman–Crippen MR) is 122 cm³/mol. The maximum Gasteiger partial charge on any atom is 0.319 e. The third kappa shape index (κ3) is 6.09. The topological polar surface area (TPSA) is 61.4 Å². The number of amides is 3. The minimum atomic E-state index is -0.220. The fourth-order valence-corrected chi connectivity index (χ4v) is 3.81. The Morgan fingerprint density at radius 2 is 1.80 bits per heavy atom. The molecule has 1 atom stereocenters. The van der Waals surface area contributed by atoms with Crippen LogP contribution in [0.2, 0.25) is 0 Å². The first-order chi connectivity index (χ1) is 14.4. The van der Waals surface area contributed by atoms with Crippen LogP contribution in [0, 0.1) is 12.8 Å². The summed E-state index contributed by atoms with van der Waals surface area (Å²) in [5, 5.41) is 5.91. The van der Waals surface area contributed by atoms with Crippen molar-refractivity contribution < 1.29 is 9.59 Å². The van der Waals surface area contributed by atoms with E-state index in [1.54, 1.807) is 0 Å². The summed E-state index contributed by atoms with van der Waals surface area (Å²) < 4.78 is 0. The molecule has 0 spiro atoms. The van der Waals surface area contributed by atoms with Crippen LogP contribution in [0.5, 0.6) is 0 Å². The lowest BCUT2D eigenvalue weighted by atomic mass is 9.98. The summed E-state index contributed by atoms with van der Waals surface area (Å²) in [4.78, 5) is 27.1. The lowest BCUT2D eigenvalue weighted by Gasteiger charge is -2.30. The zero-order valence-corrected chi connectivity index (χ0v) is 18.3. The molecule has 1 aliphatic heterocycles. The molecule has 0 radical (unpaired) electrons. The first-order valence-corrected chi connectivity index (χ1v) is 10.9. The first kappa shape index (κ1) is 21.9. The van der Waals surface area contributed by atoms with E-state index < -0.39 is 0 Å². The van der Waals surface area contributed by atoms with Crippen molar-refractivity contribution in [1.29, 1.82) is 0 Å². The van der Waals surface area contributed by atoms with Gasteiger partial charge in [0.05, 0.1) is 0 Å². The van der Waals surface area contributed by atoms with Crippen LogP contribution < -0.4 is 10.6 Å². The van der Waals surface area contributed by atoms with Crippen molar-refractivity contribution in [1.82, 2.24) is 10.2 Å². The normalized spacial score (nSPS) is 15.5. The number of benzene rings is 2. The van der Waals surface area contributed by atoms with Gasteiger partial charge in [-0.05, 0) is 74.8 Å². The quantitative estimate of drug-likeness (QED) is 0.707. The highest BCUT2D eigenvalue weighted by molar-refractivity contribution is 5.96. The van der Waals surface area contributed by atoms with Crippen LogP contribution in [0.3, 0.4) is 0 Å². The second-order valence-corrected chi connectivity index (χ2v) is 8.53. The molecule has 0 aliphatic carbocycles. The van der Waals surface area contributed by atoms with Crippen LogP contribution in [0.15, 0.2) is 48.5 Å². The highest BCUT2D eigenvalue weighted by atomic mass is 16.2. The van der Waals surface area contributed by atoms with E-state index in [1.165, 1.54) is 5.56 Å². The molecular weight excluding hydrogens is 374 g/mol. The minimum Gasteiger partial charge on any atom is -0.339 e. The van der Waals surface area contributed by atoms with Crippen molar-refractivity contribution in [2.24, 2.45) is 5.92 Å². The molecular formula is C25H33N3O2. The molecule has 1 heterocycles. The standard InChI is InChI=1S/C25H33N3O2/c1-18-13-15-28(16-14-18)24(29)22-11-12-23(19(2)17-22)27-25(30)26-20(3)9-10-21-7-5-4-6-8-21/h4-8,11-12,17-18,20H,9-10,13-16H2,1-3H3,(H2,26,27,30). The Bertz CT molecular complexity index is 858. The van der Waals surface area contributed by atoms with Crippen molar-refractivity contribution in [2.45, 2.75) is 52.5 Å². The molecule has 3 amide bonds. The van der Waals surface area contributed by atoms with Crippen molar-refractivity contribution in [3.8, 4) is 0 Å².